The summed E-state index contributed by atoms with van der Waals surface area (Å²) in [5, 5.41) is 3.19. The van der Waals surface area contributed by atoms with Crippen molar-refractivity contribution in [3.05, 3.63) is 28.9 Å². The van der Waals surface area contributed by atoms with Gasteiger partial charge in [0, 0.05) is 18.3 Å². The lowest BCUT2D eigenvalue weighted by molar-refractivity contribution is 0.00578. The second-order valence-corrected chi connectivity index (χ2v) is 6.87. The Kier molecular flexibility index (Phi) is 5.18. The van der Waals surface area contributed by atoms with Crippen LogP contribution in [0.5, 0.6) is 5.88 Å². The van der Waals surface area contributed by atoms with Crippen LogP contribution < -0.4 is 10.1 Å². The third-order valence-corrected chi connectivity index (χ3v) is 4.59. The zero-order chi connectivity index (χ0) is 17.3. The molecule has 126 valence electrons. The van der Waals surface area contributed by atoms with Crippen molar-refractivity contribution in [3.8, 4) is 5.88 Å². The van der Waals surface area contributed by atoms with Gasteiger partial charge in [-0.05, 0) is 58.8 Å². The first-order valence-electron chi connectivity index (χ1n) is 7.92. The summed E-state index contributed by atoms with van der Waals surface area (Å²) in [4.78, 5) is 4.42. The largest absolute Gasteiger partial charge is 0.491 e. The molecule has 0 bridgehead atoms. The van der Waals surface area contributed by atoms with E-state index in [0.717, 1.165) is 16.7 Å². The van der Waals surface area contributed by atoms with E-state index in [1.165, 1.54) is 0 Å². The number of hydrogen-bond donors (Lipinski definition) is 1. The molecule has 0 spiro atoms. The summed E-state index contributed by atoms with van der Waals surface area (Å²) in [5.41, 5.74) is 2.29. The Morgan fingerprint density at radius 1 is 1.26 bits per heavy atom. The maximum atomic E-state index is 6.16. The molecule has 1 aliphatic heterocycles. The lowest BCUT2D eigenvalue weighted by Gasteiger charge is -2.32. The van der Waals surface area contributed by atoms with Gasteiger partial charge in [-0.25, -0.2) is 4.98 Å². The zero-order valence-electron chi connectivity index (χ0n) is 15.2. The van der Waals surface area contributed by atoms with Crippen LogP contribution in [0.25, 0.3) is 6.08 Å². The zero-order valence-corrected chi connectivity index (χ0v) is 15.2. The molecule has 0 unspecified atom stereocenters. The summed E-state index contributed by atoms with van der Waals surface area (Å²) in [6.45, 7) is 10.9. The quantitative estimate of drug-likeness (QED) is 0.846. The van der Waals surface area contributed by atoms with Crippen LogP contribution in [0.3, 0.4) is 0 Å². The van der Waals surface area contributed by atoms with Gasteiger partial charge in [0.1, 0.15) is 0 Å². The fraction of sp³-hybridized carbons (Fsp3) is 0.588. The molecule has 23 heavy (non-hydrogen) atoms. The molecule has 0 aromatic carbocycles. The van der Waals surface area contributed by atoms with Crippen molar-refractivity contribution in [2.75, 3.05) is 20.7 Å². The molecule has 5 nitrogen and oxygen atoms in total. The predicted octanol–water partition coefficient (Wildman–Crippen LogP) is 2.63. The van der Waals surface area contributed by atoms with Gasteiger partial charge < -0.3 is 19.4 Å². The van der Waals surface area contributed by atoms with Crippen LogP contribution in [0.2, 0.25) is 0 Å². The van der Waals surface area contributed by atoms with E-state index in [1.807, 2.05) is 26.1 Å². The van der Waals surface area contributed by atoms with Gasteiger partial charge in [-0.3, -0.25) is 0 Å². The van der Waals surface area contributed by atoms with Gasteiger partial charge in [0.25, 0.3) is 0 Å². The highest BCUT2D eigenvalue weighted by Crippen LogP contribution is 2.38. The predicted molar refractivity (Wildman–Crippen MR) is 93.5 cm³/mol. The lowest BCUT2D eigenvalue weighted by atomic mass is 9.77. The van der Waals surface area contributed by atoms with Gasteiger partial charge in [-0.1, -0.05) is 6.08 Å². The van der Waals surface area contributed by atoms with Crippen LogP contribution in [0, 0.1) is 6.92 Å². The minimum absolute atomic E-state index is 0.350. The van der Waals surface area contributed by atoms with E-state index in [0.29, 0.717) is 12.4 Å². The summed E-state index contributed by atoms with van der Waals surface area (Å²) in [6.07, 6.45) is 2.08. The lowest BCUT2D eigenvalue weighted by Crippen LogP contribution is -2.41. The highest BCUT2D eigenvalue weighted by atomic mass is 16.7. The Bertz CT molecular complexity index is 584. The van der Waals surface area contributed by atoms with Crippen molar-refractivity contribution < 1.29 is 14.0 Å². The van der Waals surface area contributed by atoms with Crippen molar-refractivity contribution in [3.63, 3.8) is 0 Å². The van der Waals surface area contributed by atoms with Crippen LogP contribution in [-0.4, -0.2) is 44.0 Å². The molecule has 2 heterocycles. The van der Waals surface area contributed by atoms with E-state index in [9.17, 15) is 0 Å². The number of nitrogens with zero attached hydrogens (tertiary/aromatic N) is 1. The Morgan fingerprint density at radius 3 is 2.35 bits per heavy atom. The second kappa shape index (κ2) is 6.63. The summed E-state index contributed by atoms with van der Waals surface area (Å²) in [7, 11) is 3.17. The molecule has 2 rings (SSSR count). The van der Waals surface area contributed by atoms with Crippen molar-refractivity contribution >= 4 is 13.2 Å². The van der Waals surface area contributed by atoms with Crippen LogP contribution in [0.4, 0.5) is 0 Å². The third-order valence-electron chi connectivity index (χ3n) is 4.59. The van der Waals surface area contributed by atoms with Gasteiger partial charge in [0.05, 0.1) is 18.3 Å². The number of likely N-dealkylation sites (N-methyl/N-ethyl adjacent to an activating group) is 1. The number of aryl methyl sites for hydroxylation is 1. The topological polar surface area (TPSA) is 52.6 Å². The van der Waals surface area contributed by atoms with Crippen LogP contribution in [-0.2, 0) is 9.31 Å². The first kappa shape index (κ1) is 18.0. The second-order valence-electron chi connectivity index (χ2n) is 6.87. The Balaban J connectivity index is 2.32. The normalized spacial score (nSPS) is 20.0. The van der Waals surface area contributed by atoms with E-state index in [1.54, 1.807) is 7.11 Å². The van der Waals surface area contributed by atoms with E-state index < -0.39 is 0 Å². The number of pyridine rings is 1. The van der Waals surface area contributed by atoms with Gasteiger partial charge in [-0.2, -0.15) is 0 Å². The molecule has 0 aliphatic carbocycles. The van der Waals surface area contributed by atoms with Crippen molar-refractivity contribution in [2.24, 2.45) is 0 Å². The number of aromatic nitrogens is 1. The van der Waals surface area contributed by atoms with Crippen molar-refractivity contribution in [2.45, 2.75) is 45.8 Å². The van der Waals surface area contributed by atoms with Crippen molar-refractivity contribution in [1.82, 2.24) is 10.3 Å². The molecule has 1 saturated heterocycles. The average molecular weight is 318 g/mol. The molecular weight excluding hydrogens is 291 g/mol. The molecule has 0 amide bonds. The Hall–Kier alpha value is -1.37. The van der Waals surface area contributed by atoms with Gasteiger partial charge in [0.15, 0.2) is 0 Å². The first-order chi connectivity index (χ1) is 10.7. The number of rotatable bonds is 5. The number of methoxy groups -OCH3 is 1. The fourth-order valence-corrected chi connectivity index (χ4v) is 2.42. The van der Waals surface area contributed by atoms with Crippen LogP contribution >= 0.6 is 0 Å². The van der Waals surface area contributed by atoms with Crippen LogP contribution in [0.1, 0.15) is 39.0 Å². The molecular formula is C17H27BN2O3. The molecule has 6 heteroatoms. The molecule has 1 aromatic rings. The SMILES string of the molecule is CNCC(=Cc1ccc(OC)nc1C)B1OC(C)(C)C(C)(C)O1. The minimum Gasteiger partial charge on any atom is -0.481 e. The Morgan fingerprint density at radius 2 is 1.87 bits per heavy atom. The highest BCUT2D eigenvalue weighted by molar-refractivity contribution is 6.55. The smallest absolute Gasteiger partial charge is 0.481 e. The molecule has 1 fully saturated rings. The van der Waals surface area contributed by atoms with Gasteiger partial charge in [-0.15, -0.1) is 0 Å². The summed E-state index contributed by atoms with van der Waals surface area (Å²) in [6, 6.07) is 3.86. The average Bonchev–Trinajstić information content (AvgIpc) is 2.68. The number of nitrogens with one attached hydrogen (secondary N) is 1. The molecule has 1 aromatic heterocycles. The molecule has 0 saturated carbocycles. The molecule has 1 N–H and O–H groups in total. The molecule has 0 atom stereocenters. The summed E-state index contributed by atoms with van der Waals surface area (Å²) >= 11 is 0. The summed E-state index contributed by atoms with van der Waals surface area (Å²) < 4.78 is 17.5. The number of ether oxygens (including phenoxy) is 1. The monoisotopic (exact) mass is 318 g/mol. The van der Waals surface area contributed by atoms with E-state index in [-0.39, 0.29) is 18.3 Å². The van der Waals surface area contributed by atoms with Gasteiger partial charge in [0.2, 0.25) is 5.88 Å². The Labute approximate surface area is 139 Å². The first-order valence-corrected chi connectivity index (χ1v) is 7.92. The molecule has 1 aliphatic rings. The maximum Gasteiger partial charge on any atom is 0.491 e. The standard InChI is InChI=1S/C17H27BN2O3/c1-12-13(8-9-15(20-12)21-7)10-14(11-19-6)18-22-16(2,3)17(4,5)23-18/h8-10,19H,11H2,1-7H3. The van der Waals surface area contributed by atoms with Crippen LogP contribution in [0.15, 0.2) is 17.6 Å². The highest BCUT2D eigenvalue weighted by Gasteiger charge is 2.52. The minimum atomic E-state index is -0.367. The van der Waals surface area contributed by atoms with E-state index in [4.69, 9.17) is 14.0 Å². The van der Waals surface area contributed by atoms with E-state index >= 15 is 0 Å². The van der Waals surface area contributed by atoms with Crippen molar-refractivity contribution in [1.29, 1.82) is 0 Å². The third kappa shape index (κ3) is 3.76. The number of hydrogen-bond acceptors (Lipinski definition) is 5. The molecule has 0 radical (unpaired) electrons. The van der Waals surface area contributed by atoms with E-state index in [2.05, 4.69) is 44.1 Å². The summed E-state index contributed by atoms with van der Waals surface area (Å²) in [5.74, 6) is 0.616. The van der Waals surface area contributed by atoms with Gasteiger partial charge >= 0.3 is 7.12 Å². The fourth-order valence-electron chi connectivity index (χ4n) is 2.42. The maximum absolute atomic E-state index is 6.16.